The van der Waals surface area contributed by atoms with Gasteiger partial charge in [-0.1, -0.05) is 35.5 Å². The molecule has 0 aliphatic carbocycles. The SMILES string of the molecule is Cc1cc(NC(=O)CN2[C@H](C)CO[C@H](c3ccccc3)[C@H]2C)no1. The van der Waals surface area contributed by atoms with Crippen LogP contribution in [-0.2, 0) is 9.53 Å². The number of nitrogens with zero attached hydrogens (tertiary/aromatic N) is 2. The molecule has 1 aromatic heterocycles. The van der Waals surface area contributed by atoms with Gasteiger partial charge in [0.05, 0.1) is 19.3 Å². The third-order valence-corrected chi connectivity index (χ3v) is 4.39. The minimum Gasteiger partial charge on any atom is -0.370 e. The average Bonchev–Trinajstić information content (AvgIpc) is 2.97. The molecular formula is C18H23N3O3. The van der Waals surface area contributed by atoms with Crippen LogP contribution >= 0.6 is 0 Å². The van der Waals surface area contributed by atoms with Crippen molar-refractivity contribution in [3.05, 3.63) is 47.7 Å². The fraction of sp³-hybridized carbons (Fsp3) is 0.444. The zero-order chi connectivity index (χ0) is 17.1. The van der Waals surface area contributed by atoms with Gasteiger partial charge in [0.25, 0.3) is 0 Å². The molecule has 6 nitrogen and oxygen atoms in total. The first kappa shape index (κ1) is 16.7. The molecule has 1 fully saturated rings. The van der Waals surface area contributed by atoms with Crippen LogP contribution in [0.1, 0.15) is 31.3 Å². The van der Waals surface area contributed by atoms with E-state index < -0.39 is 0 Å². The third-order valence-electron chi connectivity index (χ3n) is 4.39. The number of aromatic nitrogens is 1. The summed E-state index contributed by atoms with van der Waals surface area (Å²) in [4.78, 5) is 14.5. The Morgan fingerprint density at radius 3 is 2.75 bits per heavy atom. The molecule has 0 saturated carbocycles. The van der Waals surface area contributed by atoms with E-state index >= 15 is 0 Å². The largest absolute Gasteiger partial charge is 0.370 e. The van der Waals surface area contributed by atoms with Crippen molar-refractivity contribution in [2.24, 2.45) is 0 Å². The van der Waals surface area contributed by atoms with E-state index in [1.54, 1.807) is 13.0 Å². The molecule has 1 N–H and O–H groups in total. The summed E-state index contributed by atoms with van der Waals surface area (Å²) in [6.07, 6.45) is -0.0375. The number of aryl methyl sites for hydroxylation is 1. The number of carbonyl (C=O) groups excluding carboxylic acids is 1. The number of ether oxygens (including phenoxy) is 1. The second-order valence-electron chi connectivity index (χ2n) is 6.30. The maximum atomic E-state index is 12.3. The molecule has 2 aromatic rings. The number of hydrogen-bond donors (Lipinski definition) is 1. The maximum absolute atomic E-state index is 12.3. The summed E-state index contributed by atoms with van der Waals surface area (Å²) in [5.41, 5.74) is 1.13. The summed E-state index contributed by atoms with van der Waals surface area (Å²) in [5, 5.41) is 6.58. The predicted octanol–water partition coefficient (Wildman–Crippen LogP) is 2.77. The first-order valence-electron chi connectivity index (χ1n) is 8.20. The molecule has 3 rings (SSSR count). The number of nitrogens with one attached hydrogen (secondary N) is 1. The number of anilines is 1. The zero-order valence-corrected chi connectivity index (χ0v) is 14.2. The molecule has 1 aliphatic heterocycles. The summed E-state index contributed by atoms with van der Waals surface area (Å²) < 4.78 is 11.0. The van der Waals surface area contributed by atoms with E-state index in [9.17, 15) is 4.79 Å². The van der Waals surface area contributed by atoms with Crippen molar-refractivity contribution >= 4 is 11.7 Å². The molecule has 3 atom stereocenters. The van der Waals surface area contributed by atoms with Gasteiger partial charge in [0, 0.05) is 18.2 Å². The van der Waals surface area contributed by atoms with Crippen LogP contribution in [-0.4, -0.2) is 41.2 Å². The minimum atomic E-state index is -0.101. The van der Waals surface area contributed by atoms with Crippen molar-refractivity contribution in [2.45, 2.75) is 39.0 Å². The summed E-state index contributed by atoms with van der Waals surface area (Å²) in [6, 6.07) is 12.1. The Balaban J connectivity index is 1.67. The van der Waals surface area contributed by atoms with Crippen molar-refractivity contribution in [2.75, 3.05) is 18.5 Å². The molecular weight excluding hydrogens is 306 g/mol. The van der Waals surface area contributed by atoms with Gasteiger partial charge < -0.3 is 14.6 Å². The molecule has 1 saturated heterocycles. The second kappa shape index (κ2) is 7.15. The molecule has 24 heavy (non-hydrogen) atoms. The van der Waals surface area contributed by atoms with Gasteiger partial charge in [0.2, 0.25) is 5.91 Å². The van der Waals surface area contributed by atoms with E-state index in [1.807, 2.05) is 18.2 Å². The highest BCUT2D eigenvalue weighted by atomic mass is 16.5. The molecule has 0 unspecified atom stereocenters. The summed E-state index contributed by atoms with van der Waals surface area (Å²) >= 11 is 0. The van der Waals surface area contributed by atoms with Crippen molar-refractivity contribution in [1.29, 1.82) is 0 Å². The van der Waals surface area contributed by atoms with Gasteiger partial charge in [0.1, 0.15) is 5.76 Å². The van der Waals surface area contributed by atoms with Crippen LogP contribution in [0.25, 0.3) is 0 Å². The van der Waals surface area contributed by atoms with Crippen LogP contribution in [0.3, 0.4) is 0 Å². The standard InChI is InChI=1S/C18H23N3O3/c1-12-11-23-18(15-7-5-4-6-8-15)14(3)21(12)10-17(22)19-16-9-13(2)24-20-16/h4-9,12,14,18H,10-11H2,1-3H3,(H,19,20,22)/t12-,14-,18+/m1/s1. The Bertz CT molecular complexity index is 686. The molecule has 1 aliphatic rings. The van der Waals surface area contributed by atoms with Crippen LogP contribution in [0, 0.1) is 6.92 Å². The van der Waals surface area contributed by atoms with Gasteiger partial charge in [-0.3, -0.25) is 9.69 Å². The molecule has 0 radical (unpaired) electrons. The van der Waals surface area contributed by atoms with Crippen LogP contribution in [0.15, 0.2) is 40.9 Å². The highest BCUT2D eigenvalue weighted by Gasteiger charge is 2.35. The smallest absolute Gasteiger partial charge is 0.239 e. The number of carbonyl (C=O) groups is 1. The molecule has 128 valence electrons. The molecule has 0 bridgehead atoms. The van der Waals surface area contributed by atoms with Crippen LogP contribution in [0.5, 0.6) is 0 Å². The number of hydrogen-bond acceptors (Lipinski definition) is 5. The van der Waals surface area contributed by atoms with Gasteiger partial charge in [-0.15, -0.1) is 0 Å². The van der Waals surface area contributed by atoms with Crippen LogP contribution in [0.2, 0.25) is 0 Å². The Morgan fingerprint density at radius 2 is 2.08 bits per heavy atom. The van der Waals surface area contributed by atoms with Crippen molar-refractivity contribution < 1.29 is 14.1 Å². The highest BCUT2D eigenvalue weighted by Crippen LogP contribution is 2.30. The zero-order valence-electron chi connectivity index (χ0n) is 14.2. The minimum absolute atomic E-state index is 0.0375. The van der Waals surface area contributed by atoms with Gasteiger partial charge in [-0.05, 0) is 26.3 Å². The number of amides is 1. The maximum Gasteiger partial charge on any atom is 0.239 e. The molecule has 2 heterocycles. The van der Waals surface area contributed by atoms with E-state index in [0.29, 0.717) is 24.7 Å². The van der Waals surface area contributed by atoms with Crippen molar-refractivity contribution in [3.63, 3.8) is 0 Å². The molecule has 6 heteroatoms. The topological polar surface area (TPSA) is 67.6 Å². The average molecular weight is 329 g/mol. The van der Waals surface area contributed by atoms with Crippen molar-refractivity contribution in [1.82, 2.24) is 10.1 Å². The Morgan fingerprint density at radius 1 is 1.33 bits per heavy atom. The normalized spacial score (nSPS) is 24.7. The van der Waals surface area contributed by atoms with Gasteiger partial charge in [-0.2, -0.15) is 0 Å². The van der Waals surface area contributed by atoms with E-state index in [2.05, 4.69) is 41.4 Å². The lowest BCUT2D eigenvalue weighted by atomic mass is 9.98. The Labute approximate surface area is 141 Å². The quantitative estimate of drug-likeness (QED) is 0.934. The lowest BCUT2D eigenvalue weighted by Gasteiger charge is -2.43. The van der Waals surface area contributed by atoms with Gasteiger partial charge in [0.15, 0.2) is 5.82 Å². The highest BCUT2D eigenvalue weighted by molar-refractivity contribution is 5.91. The van der Waals surface area contributed by atoms with E-state index in [-0.39, 0.29) is 24.1 Å². The number of rotatable bonds is 4. The molecule has 0 spiro atoms. The third kappa shape index (κ3) is 3.66. The van der Waals surface area contributed by atoms with E-state index in [1.165, 1.54) is 0 Å². The molecule has 1 aromatic carbocycles. The Kier molecular flexibility index (Phi) is 4.97. The van der Waals surface area contributed by atoms with E-state index in [4.69, 9.17) is 9.26 Å². The summed E-state index contributed by atoms with van der Waals surface area (Å²) in [7, 11) is 0. The van der Waals surface area contributed by atoms with Crippen molar-refractivity contribution in [3.8, 4) is 0 Å². The van der Waals surface area contributed by atoms with Crippen LogP contribution in [0.4, 0.5) is 5.82 Å². The fourth-order valence-corrected chi connectivity index (χ4v) is 3.14. The number of benzene rings is 1. The van der Waals surface area contributed by atoms with E-state index in [0.717, 1.165) is 5.56 Å². The van der Waals surface area contributed by atoms with Gasteiger partial charge >= 0.3 is 0 Å². The first-order chi connectivity index (χ1) is 11.5. The monoisotopic (exact) mass is 329 g/mol. The number of morpholine rings is 1. The lowest BCUT2D eigenvalue weighted by Crippen LogP contribution is -2.53. The first-order valence-corrected chi connectivity index (χ1v) is 8.20. The summed E-state index contributed by atoms with van der Waals surface area (Å²) in [5.74, 6) is 1.02. The Hall–Kier alpha value is -2.18. The van der Waals surface area contributed by atoms with Gasteiger partial charge in [-0.25, -0.2) is 0 Å². The van der Waals surface area contributed by atoms with Crippen LogP contribution < -0.4 is 5.32 Å². The summed E-state index contributed by atoms with van der Waals surface area (Å²) in [6.45, 7) is 6.85. The lowest BCUT2D eigenvalue weighted by molar-refractivity contribution is -0.127. The predicted molar refractivity (Wildman–Crippen MR) is 90.6 cm³/mol. The second-order valence-corrected chi connectivity index (χ2v) is 6.30. The fourth-order valence-electron chi connectivity index (χ4n) is 3.14. The molecule has 1 amide bonds.